The summed E-state index contributed by atoms with van der Waals surface area (Å²) >= 11 is 1.17. The molecule has 1 aromatic carbocycles. The number of guanidine groups is 1. The van der Waals surface area contributed by atoms with Gasteiger partial charge in [-0.1, -0.05) is 30.3 Å². The third-order valence-electron chi connectivity index (χ3n) is 4.69. The minimum atomic E-state index is -4.21. The fourth-order valence-corrected chi connectivity index (χ4v) is 4.16. The lowest BCUT2D eigenvalue weighted by atomic mass is 10.2. The Morgan fingerprint density at radius 1 is 1.16 bits per heavy atom. The van der Waals surface area contributed by atoms with Gasteiger partial charge in [-0.15, -0.1) is 11.3 Å². The number of hydrogen-bond donors (Lipinski definition) is 4. The highest BCUT2D eigenvalue weighted by molar-refractivity contribution is 7.61. The molecule has 1 aliphatic heterocycles. The van der Waals surface area contributed by atoms with Crippen molar-refractivity contribution in [2.45, 2.75) is 31.5 Å². The predicted molar refractivity (Wildman–Crippen MR) is 132 cm³/mol. The van der Waals surface area contributed by atoms with Gasteiger partial charge in [0.1, 0.15) is 0 Å². The number of benzene rings is 1. The molecular weight excluding hydrogens is 551 g/mol. The van der Waals surface area contributed by atoms with Gasteiger partial charge >= 0.3 is 22.6 Å². The standard InChI is InChI=1S/C15H19N5O6S2.C7H5F3/c21-12(19-15-16-6-1-7-17-15)5-3-9-2-4-11(27-9)13(22)18-8-10(14(23)24)20-28(25)26;8-7(9,10)6-4-2-1-3-5-6/h2,4,10H,1,3,5-8H2,(H,18,22)(H,23,24)(H2,16,17,19,21);1-5H/t10-;/m0./s1. The number of aliphatic imine (C=N–C) groups is 1. The van der Waals surface area contributed by atoms with E-state index in [2.05, 4.69) is 25.3 Å². The number of carbonyl (C=O) groups is 3. The van der Waals surface area contributed by atoms with Crippen LogP contribution in [0.25, 0.3) is 0 Å². The quantitative estimate of drug-likeness (QED) is 0.374. The van der Waals surface area contributed by atoms with Gasteiger partial charge in [-0.2, -0.15) is 26.0 Å². The van der Waals surface area contributed by atoms with E-state index in [9.17, 15) is 36.0 Å². The lowest BCUT2D eigenvalue weighted by Crippen LogP contribution is -2.43. The Morgan fingerprint density at radius 3 is 2.42 bits per heavy atom. The van der Waals surface area contributed by atoms with Crippen LogP contribution in [0.1, 0.15) is 33.0 Å². The van der Waals surface area contributed by atoms with Crippen molar-refractivity contribution in [2.24, 2.45) is 9.36 Å². The first kappa shape index (κ1) is 30.4. The van der Waals surface area contributed by atoms with E-state index in [0.717, 1.165) is 30.0 Å². The van der Waals surface area contributed by atoms with Gasteiger partial charge in [0.25, 0.3) is 5.91 Å². The molecule has 2 aromatic rings. The van der Waals surface area contributed by atoms with Gasteiger partial charge in [-0.25, -0.2) is 4.79 Å². The van der Waals surface area contributed by atoms with Gasteiger partial charge < -0.3 is 15.7 Å². The van der Waals surface area contributed by atoms with Crippen molar-refractivity contribution in [3.8, 4) is 0 Å². The van der Waals surface area contributed by atoms with Crippen molar-refractivity contribution in [1.82, 2.24) is 16.0 Å². The van der Waals surface area contributed by atoms with Crippen LogP contribution in [0.15, 0.2) is 51.8 Å². The molecule has 1 aliphatic rings. The second-order valence-corrected chi connectivity index (χ2v) is 9.39. The van der Waals surface area contributed by atoms with Crippen LogP contribution in [0.4, 0.5) is 13.2 Å². The van der Waals surface area contributed by atoms with Gasteiger partial charge in [-0.3, -0.25) is 19.9 Å². The van der Waals surface area contributed by atoms with E-state index < -0.39 is 46.7 Å². The Balaban J connectivity index is 0.000000423. The van der Waals surface area contributed by atoms with Crippen molar-refractivity contribution in [2.75, 3.05) is 19.6 Å². The number of aliphatic carboxylic acids is 1. The zero-order valence-electron chi connectivity index (χ0n) is 19.7. The zero-order valence-corrected chi connectivity index (χ0v) is 21.3. The van der Waals surface area contributed by atoms with Crippen LogP contribution in [-0.2, 0) is 32.7 Å². The molecular formula is C22H24F3N5O6S2. The highest BCUT2D eigenvalue weighted by atomic mass is 32.2. The number of amides is 2. The summed E-state index contributed by atoms with van der Waals surface area (Å²) in [6.45, 7) is 0.989. The monoisotopic (exact) mass is 575 g/mol. The number of nitrogens with zero attached hydrogens (tertiary/aromatic N) is 2. The van der Waals surface area contributed by atoms with Crippen LogP contribution in [0.3, 0.4) is 0 Å². The summed E-state index contributed by atoms with van der Waals surface area (Å²) in [4.78, 5) is 40.2. The lowest BCUT2D eigenvalue weighted by molar-refractivity contribution is -0.138. The molecule has 3 rings (SSSR count). The van der Waals surface area contributed by atoms with Crippen molar-refractivity contribution < 1.29 is 41.1 Å². The number of carbonyl (C=O) groups excluding carboxylic acids is 2. The Bertz CT molecular complexity index is 1270. The molecule has 0 fully saturated rings. The van der Waals surface area contributed by atoms with Crippen molar-refractivity contribution in [1.29, 1.82) is 0 Å². The molecule has 206 valence electrons. The van der Waals surface area contributed by atoms with Crippen LogP contribution in [0.2, 0.25) is 0 Å². The molecule has 2 amide bonds. The summed E-state index contributed by atoms with van der Waals surface area (Å²) in [7, 11) is -2.89. The zero-order chi connectivity index (χ0) is 28.1. The Morgan fingerprint density at radius 2 is 1.87 bits per heavy atom. The summed E-state index contributed by atoms with van der Waals surface area (Å²) in [5, 5.41) is 16.9. The lowest BCUT2D eigenvalue weighted by Gasteiger charge is -2.14. The number of thiophene rings is 1. The van der Waals surface area contributed by atoms with Gasteiger partial charge in [0.2, 0.25) is 5.91 Å². The smallest absolute Gasteiger partial charge is 0.416 e. The molecule has 16 heteroatoms. The molecule has 1 aromatic heterocycles. The molecule has 0 bridgehead atoms. The third-order valence-corrected chi connectivity index (χ3v) is 6.26. The Kier molecular flexibility index (Phi) is 11.9. The largest absolute Gasteiger partial charge is 0.480 e. The molecule has 38 heavy (non-hydrogen) atoms. The number of halogens is 3. The van der Waals surface area contributed by atoms with E-state index in [1.165, 1.54) is 23.5 Å². The second-order valence-electron chi connectivity index (χ2n) is 7.58. The fraction of sp³-hybridized carbons (Fsp3) is 0.364. The third kappa shape index (κ3) is 11.1. The van der Waals surface area contributed by atoms with Crippen molar-refractivity contribution >= 4 is 45.6 Å². The number of aryl methyl sites for hydroxylation is 1. The number of rotatable bonds is 8. The van der Waals surface area contributed by atoms with Gasteiger partial charge in [0, 0.05) is 24.4 Å². The van der Waals surface area contributed by atoms with E-state index in [1.54, 1.807) is 18.2 Å². The Labute approximate surface area is 220 Å². The molecule has 0 saturated heterocycles. The second kappa shape index (κ2) is 14.8. The maximum Gasteiger partial charge on any atom is 0.416 e. The molecule has 4 N–H and O–H groups in total. The van der Waals surface area contributed by atoms with E-state index in [-0.39, 0.29) is 12.3 Å². The first-order valence-electron chi connectivity index (χ1n) is 11.1. The molecule has 2 heterocycles. The summed E-state index contributed by atoms with van der Waals surface area (Å²) in [6, 6.07) is 8.04. The summed E-state index contributed by atoms with van der Waals surface area (Å²) in [6.07, 6.45) is -2.63. The van der Waals surface area contributed by atoms with E-state index >= 15 is 0 Å². The number of carboxylic acids is 1. The van der Waals surface area contributed by atoms with Crippen LogP contribution in [0.5, 0.6) is 0 Å². The first-order chi connectivity index (χ1) is 18.0. The average Bonchev–Trinajstić information content (AvgIpc) is 3.35. The molecule has 1 atom stereocenters. The van der Waals surface area contributed by atoms with Crippen LogP contribution in [0, 0.1) is 0 Å². The fourth-order valence-electron chi connectivity index (χ4n) is 2.86. The first-order valence-corrected chi connectivity index (χ1v) is 12.9. The SMILES string of the molecule is FC(F)(F)c1ccccc1.O=C(CCc1ccc(C(=O)NC[C@H](N=S(=O)=O)C(=O)O)s1)NC1=NCCCN1. The maximum atomic E-state index is 12.1. The van der Waals surface area contributed by atoms with Crippen LogP contribution < -0.4 is 16.0 Å². The minimum absolute atomic E-state index is 0.191. The predicted octanol–water partition coefficient (Wildman–Crippen LogP) is 2.10. The molecule has 11 nitrogen and oxygen atoms in total. The molecule has 0 spiro atoms. The Hall–Kier alpha value is -3.79. The average molecular weight is 576 g/mol. The number of nitrogens with one attached hydrogen (secondary N) is 3. The summed E-state index contributed by atoms with van der Waals surface area (Å²) < 4.78 is 59.4. The van der Waals surface area contributed by atoms with Crippen molar-refractivity contribution in [3.63, 3.8) is 0 Å². The number of hydrogen-bond acceptors (Lipinski definition) is 9. The highest BCUT2D eigenvalue weighted by Crippen LogP contribution is 2.28. The van der Waals surface area contributed by atoms with E-state index in [1.807, 2.05) is 0 Å². The highest BCUT2D eigenvalue weighted by Gasteiger charge is 2.29. The van der Waals surface area contributed by atoms with Crippen LogP contribution in [-0.4, -0.2) is 62.9 Å². The van der Waals surface area contributed by atoms with Crippen LogP contribution >= 0.6 is 11.3 Å². The maximum absolute atomic E-state index is 12.1. The van der Waals surface area contributed by atoms with Gasteiger partial charge in [0.15, 0.2) is 12.0 Å². The summed E-state index contributed by atoms with van der Waals surface area (Å²) in [5.74, 6) is -1.72. The van der Waals surface area contributed by atoms with Gasteiger partial charge in [0.05, 0.1) is 17.0 Å². The number of alkyl halides is 3. The normalized spacial score (nSPS) is 13.5. The topological polar surface area (TPSA) is 166 Å². The van der Waals surface area contributed by atoms with Gasteiger partial charge in [-0.05, 0) is 25.0 Å². The van der Waals surface area contributed by atoms with E-state index in [0.29, 0.717) is 23.8 Å². The van der Waals surface area contributed by atoms with Crippen molar-refractivity contribution in [3.05, 3.63) is 57.8 Å². The molecule has 0 radical (unpaired) electrons. The number of carboxylic acid groups (broad SMARTS) is 1. The minimum Gasteiger partial charge on any atom is -0.480 e. The molecule has 0 unspecified atom stereocenters. The molecule has 0 aliphatic carbocycles. The molecule has 0 saturated carbocycles. The summed E-state index contributed by atoms with van der Waals surface area (Å²) in [5.41, 5.74) is -0.602. The van der Waals surface area contributed by atoms with E-state index in [4.69, 9.17) is 5.11 Å².